The Hall–Kier alpha value is -4.60. The molecule has 188 valence electrons. The van der Waals surface area contributed by atoms with Crippen LogP contribution in [-0.2, 0) is 6.42 Å². The van der Waals surface area contributed by atoms with Crippen molar-refractivity contribution in [1.82, 2.24) is 0 Å². The van der Waals surface area contributed by atoms with Crippen LogP contribution in [0.25, 0.3) is 27.8 Å². The Morgan fingerprint density at radius 1 is 0.658 bits per heavy atom. The summed E-state index contributed by atoms with van der Waals surface area (Å²) in [6.45, 7) is 0. The fourth-order valence-electron chi connectivity index (χ4n) is 4.74. The maximum atomic E-state index is 10.1. The largest absolute Gasteiger partial charge is 0.386 e. The van der Waals surface area contributed by atoms with Gasteiger partial charge in [-0.3, -0.25) is 10.3 Å². The molecule has 5 rings (SSSR count). The number of benzene rings is 5. The average molecular weight is 497 g/mol. The van der Waals surface area contributed by atoms with Gasteiger partial charge in [-0.25, -0.2) is 0 Å². The summed E-state index contributed by atoms with van der Waals surface area (Å²) < 4.78 is 0. The number of nitrogens with zero attached hydrogens (tertiary/aromatic N) is 1. The molecule has 0 saturated heterocycles. The highest BCUT2D eigenvalue weighted by molar-refractivity contribution is 5.82. The SMILES string of the molecule is CNc1ccc(-c2ccc(/C(=C/Cc3ccc(-c4ccccc4)cc3)c3ccccc3)cc2)cc1N(C)O. The van der Waals surface area contributed by atoms with Gasteiger partial charge in [0.25, 0.3) is 0 Å². The molecule has 0 atom stereocenters. The minimum absolute atomic E-state index is 0.734. The Morgan fingerprint density at radius 2 is 1.18 bits per heavy atom. The van der Waals surface area contributed by atoms with Gasteiger partial charge >= 0.3 is 0 Å². The van der Waals surface area contributed by atoms with Crippen LogP contribution in [-0.4, -0.2) is 19.3 Å². The second kappa shape index (κ2) is 11.6. The Balaban J connectivity index is 1.42. The first-order valence-electron chi connectivity index (χ1n) is 12.9. The van der Waals surface area contributed by atoms with E-state index >= 15 is 0 Å². The minimum atomic E-state index is 0.734. The molecule has 3 heteroatoms. The Kier molecular flexibility index (Phi) is 7.67. The molecular weight excluding hydrogens is 464 g/mol. The molecule has 0 spiro atoms. The zero-order chi connectivity index (χ0) is 26.3. The Morgan fingerprint density at radius 3 is 1.82 bits per heavy atom. The maximum Gasteiger partial charge on any atom is 0.0868 e. The number of rotatable bonds is 8. The third-order valence-corrected chi connectivity index (χ3v) is 6.83. The standard InChI is InChI=1S/C35H32N2O/c1-36-34-24-22-32(25-35(34)37(2)38)29-18-20-31(21-19-29)33(30-11-7-4-8-12-30)23-15-26-13-16-28(17-14-26)27-9-5-3-6-10-27/h3-14,16-25,36,38H,15H2,1-2H3/b33-23+. The highest BCUT2D eigenvalue weighted by atomic mass is 16.5. The van der Waals surface area contributed by atoms with Gasteiger partial charge in [-0.05, 0) is 63.1 Å². The van der Waals surface area contributed by atoms with Crippen molar-refractivity contribution >= 4 is 16.9 Å². The number of hydrogen-bond donors (Lipinski definition) is 2. The third-order valence-electron chi connectivity index (χ3n) is 6.83. The predicted octanol–water partition coefficient (Wildman–Crippen LogP) is 8.56. The van der Waals surface area contributed by atoms with Gasteiger partial charge in [0.2, 0.25) is 0 Å². The molecule has 0 aromatic heterocycles. The van der Waals surface area contributed by atoms with E-state index in [4.69, 9.17) is 0 Å². The topological polar surface area (TPSA) is 35.5 Å². The Labute approximate surface area is 225 Å². The van der Waals surface area contributed by atoms with Crippen LogP contribution in [0.15, 0.2) is 133 Å². The van der Waals surface area contributed by atoms with Gasteiger partial charge in [0.1, 0.15) is 0 Å². The first-order valence-corrected chi connectivity index (χ1v) is 12.9. The first-order chi connectivity index (χ1) is 18.6. The minimum Gasteiger partial charge on any atom is -0.386 e. The van der Waals surface area contributed by atoms with Gasteiger partial charge in [0, 0.05) is 14.1 Å². The summed E-state index contributed by atoms with van der Waals surface area (Å²) in [5, 5.41) is 14.3. The lowest BCUT2D eigenvalue weighted by molar-refractivity contribution is 0.280. The van der Waals surface area contributed by atoms with Crippen LogP contribution in [0.2, 0.25) is 0 Å². The molecule has 5 aromatic carbocycles. The monoisotopic (exact) mass is 496 g/mol. The molecule has 0 bridgehead atoms. The van der Waals surface area contributed by atoms with E-state index in [1.807, 2.05) is 25.2 Å². The van der Waals surface area contributed by atoms with Crippen molar-refractivity contribution in [2.24, 2.45) is 0 Å². The van der Waals surface area contributed by atoms with Gasteiger partial charge < -0.3 is 5.32 Å². The Bertz CT molecular complexity index is 1500. The summed E-state index contributed by atoms with van der Waals surface area (Å²) in [5.41, 5.74) is 11.1. The smallest absolute Gasteiger partial charge is 0.0868 e. The van der Waals surface area contributed by atoms with Gasteiger partial charge in [-0.2, -0.15) is 0 Å². The lowest BCUT2D eigenvalue weighted by atomic mass is 9.93. The number of hydroxylamine groups is 1. The molecule has 38 heavy (non-hydrogen) atoms. The average Bonchev–Trinajstić information content (AvgIpc) is 2.98. The molecule has 0 unspecified atom stereocenters. The van der Waals surface area contributed by atoms with Gasteiger partial charge in [-0.15, -0.1) is 0 Å². The molecule has 0 aliphatic rings. The van der Waals surface area contributed by atoms with Crippen LogP contribution in [0.4, 0.5) is 11.4 Å². The lowest BCUT2D eigenvalue weighted by Gasteiger charge is -2.17. The fourth-order valence-corrected chi connectivity index (χ4v) is 4.74. The van der Waals surface area contributed by atoms with Crippen LogP contribution < -0.4 is 10.4 Å². The number of allylic oxidation sites excluding steroid dienone is 1. The van der Waals surface area contributed by atoms with E-state index in [0.717, 1.165) is 34.0 Å². The third kappa shape index (κ3) is 5.69. The van der Waals surface area contributed by atoms with Crippen LogP contribution in [0.3, 0.4) is 0 Å². The lowest BCUT2D eigenvalue weighted by Crippen LogP contribution is -2.12. The molecule has 0 heterocycles. The summed E-state index contributed by atoms with van der Waals surface area (Å²) in [4.78, 5) is 0. The molecule has 0 aliphatic heterocycles. The summed E-state index contributed by atoms with van der Waals surface area (Å²) in [7, 11) is 3.49. The molecule has 0 radical (unpaired) electrons. The normalized spacial score (nSPS) is 11.3. The molecule has 3 nitrogen and oxygen atoms in total. The number of hydrogen-bond acceptors (Lipinski definition) is 3. The van der Waals surface area contributed by atoms with Crippen molar-refractivity contribution in [3.8, 4) is 22.3 Å². The van der Waals surface area contributed by atoms with Crippen molar-refractivity contribution in [2.75, 3.05) is 24.5 Å². The zero-order valence-electron chi connectivity index (χ0n) is 21.8. The molecule has 5 aromatic rings. The second-order valence-corrected chi connectivity index (χ2v) is 9.33. The van der Waals surface area contributed by atoms with E-state index in [9.17, 15) is 5.21 Å². The molecule has 2 N–H and O–H groups in total. The van der Waals surface area contributed by atoms with E-state index in [1.54, 1.807) is 7.05 Å². The van der Waals surface area contributed by atoms with Gasteiger partial charge in [-0.1, -0.05) is 121 Å². The summed E-state index contributed by atoms with van der Waals surface area (Å²) >= 11 is 0. The van der Waals surface area contributed by atoms with E-state index in [0.29, 0.717) is 0 Å². The second-order valence-electron chi connectivity index (χ2n) is 9.33. The zero-order valence-corrected chi connectivity index (χ0v) is 21.8. The molecule has 0 amide bonds. The molecular formula is C35H32N2O. The van der Waals surface area contributed by atoms with Crippen molar-refractivity contribution in [3.05, 3.63) is 150 Å². The highest BCUT2D eigenvalue weighted by Crippen LogP contribution is 2.32. The van der Waals surface area contributed by atoms with Crippen LogP contribution >= 0.6 is 0 Å². The molecule has 0 aliphatic carbocycles. The molecule has 0 fully saturated rings. The fraction of sp³-hybridized carbons (Fsp3) is 0.0857. The summed E-state index contributed by atoms with van der Waals surface area (Å²) in [6.07, 6.45) is 3.17. The van der Waals surface area contributed by atoms with Crippen molar-refractivity contribution in [1.29, 1.82) is 0 Å². The van der Waals surface area contributed by atoms with Crippen LogP contribution in [0, 0.1) is 0 Å². The van der Waals surface area contributed by atoms with Gasteiger partial charge in [0.15, 0.2) is 0 Å². The van der Waals surface area contributed by atoms with Crippen molar-refractivity contribution in [2.45, 2.75) is 6.42 Å². The predicted molar refractivity (Wildman–Crippen MR) is 161 cm³/mol. The van der Waals surface area contributed by atoms with E-state index in [1.165, 1.54) is 33.4 Å². The first kappa shape index (κ1) is 25.1. The highest BCUT2D eigenvalue weighted by Gasteiger charge is 2.10. The number of anilines is 2. The van der Waals surface area contributed by atoms with Crippen molar-refractivity contribution < 1.29 is 5.21 Å². The van der Waals surface area contributed by atoms with E-state index < -0.39 is 0 Å². The summed E-state index contributed by atoms with van der Waals surface area (Å²) in [6, 6.07) is 44.6. The van der Waals surface area contributed by atoms with Gasteiger partial charge in [0.05, 0.1) is 11.4 Å². The maximum absolute atomic E-state index is 10.1. The summed E-state index contributed by atoms with van der Waals surface area (Å²) in [5.74, 6) is 0. The number of nitrogens with one attached hydrogen (secondary N) is 1. The quantitative estimate of drug-likeness (QED) is 0.211. The van der Waals surface area contributed by atoms with Crippen LogP contribution in [0.5, 0.6) is 0 Å². The van der Waals surface area contributed by atoms with Crippen molar-refractivity contribution in [3.63, 3.8) is 0 Å². The van der Waals surface area contributed by atoms with Crippen LogP contribution in [0.1, 0.15) is 16.7 Å². The van der Waals surface area contributed by atoms with E-state index in [2.05, 4.69) is 121 Å². The molecule has 0 saturated carbocycles. The van der Waals surface area contributed by atoms with E-state index in [-0.39, 0.29) is 0 Å².